The van der Waals surface area contributed by atoms with Gasteiger partial charge in [0.15, 0.2) is 0 Å². The average Bonchev–Trinajstić information content (AvgIpc) is 2.27. The number of carbonyl (C=O) groups is 1. The quantitative estimate of drug-likeness (QED) is 0.529. The van der Waals surface area contributed by atoms with Crippen molar-refractivity contribution in [3.63, 3.8) is 0 Å². The third kappa shape index (κ3) is 0.862. The first-order valence-electron chi connectivity index (χ1n) is 3.76. The zero-order chi connectivity index (χ0) is 7.90. The Morgan fingerprint density at radius 2 is 2.36 bits per heavy atom. The summed E-state index contributed by atoms with van der Waals surface area (Å²) in [6.45, 7) is 2.59. The summed E-state index contributed by atoms with van der Waals surface area (Å²) in [5, 5.41) is 11.9. The summed E-state index contributed by atoms with van der Waals surface area (Å²) >= 11 is 0. The van der Waals surface area contributed by atoms with Gasteiger partial charge in [0.25, 0.3) is 0 Å². The second kappa shape index (κ2) is 2.19. The Bertz CT molecular complexity index is 188. The Kier molecular flexibility index (Phi) is 1.40. The number of ether oxygens (including phenoxy) is 1. The molecular formula is C7H11NO3. The lowest BCUT2D eigenvalue weighted by atomic mass is 9.73. The minimum Gasteiger partial charge on any atom is -0.481 e. The van der Waals surface area contributed by atoms with Crippen molar-refractivity contribution in [2.24, 2.45) is 11.3 Å². The largest absolute Gasteiger partial charge is 0.481 e. The molecule has 0 aromatic rings. The van der Waals surface area contributed by atoms with Crippen LogP contribution in [0.3, 0.4) is 0 Å². The van der Waals surface area contributed by atoms with E-state index < -0.39 is 5.97 Å². The molecule has 62 valence electrons. The maximum Gasteiger partial charge on any atom is 0.309 e. The molecular weight excluding hydrogens is 146 g/mol. The lowest BCUT2D eigenvalue weighted by molar-refractivity contribution is -0.146. The Labute approximate surface area is 64.5 Å². The van der Waals surface area contributed by atoms with Gasteiger partial charge >= 0.3 is 5.97 Å². The van der Waals surface area contributed by atoms with Crippen molar-refractivity contribution in [3.8, 4) is 0 Å². The van der Waals surface area contributed by atoms with Crippen LogP contribution in [-0.2, 0) is 9.53 Å². The first kappa shape index (κ1) is 7.06. The fourth-order valence-electron chi connectivity index (χ4n) is 1.79. The van der Waals surface area contributed by atoms with Gasteiger partial charge in [0.1, 0.15) is 0 Å². The third-order valence-electron chi connectivity index (χ3n) is 2.67. The van der Waals surface area contributed by atoms with Gasteiger partial charge in [-0.15, -0.1) is 0 Å². The van der Waals surface area contributed by atoms with Crippen molar-refractivity contribution in [2.75, 3.05) is 26.3 Å². The molecule has 4 nitrogen and oxygen atoms in total. The number of aliphatic carboxylic acids is 1. The average molecular weight is 157 g/mol. The SMILES string of the molecule is O=C(O)[C@@H]1COCC12CNC2. The summed E-state index contributed by atoms with van der Waals surface area (Å²) in [4.78, 5) is 10.7. The number of rotatable bonds is 1. The fourth-order valence-corrected chi connectivity index (χ4v) is 1.79. The van der Waals surface area contributed by atoms with Crippen LogP contribution in [0.25, 0.3) is 0 Å². The van der Waals surface area contributed by atoms with Crippen LogP contribution in [0.2, 0.25) is 0 Å². The lowest BCUT2D eigenvalue weighted by Crippen LogP contribution is -2.59. The molecule has 0 aliphatic carbocycles. The van der Waals surface area contributed by atoms with E-state index in [1.807, 2.05) is 0 Å². The zero-order valence-electron chi connectivity index (χ0n) is 6.17. The first-order valence-corrected chi connectivity index (χ1v) is 3.76. The number of hydrogen-bond acceptors (Lipinski definition) is 3. The van der Waals surface area contributed by atoms with E-state index in [0.717, 1.165) is 13.1 Å². The van der Waals surface area contributed by atoms with E-state index in [0.29, 0.717) is 13.2 Å². The van der Waals surface area contributed by atoms with Crippen molar-refractivity contribution in [2.45, 2.75) is 0 Å². The van der Waals surface area contributed by atoms with Crippen molar-refractivity contribution < 1.29 is 14.6 Å². The Morgan fingerprint density at radius 1 is 1.64 bits per heavy atom. The predicted octanol–water partition coefficient (Wildman–Crippen LogP) is -0.693. The highest BCUT2D eigenvalue weighted by atomic mass is 16.5. The zero-order valence-corrected chi connectivity index (χ0v) is 6.17. The van der Waals surface area contributed by atoms with Gasteiger partial charge < -0.3 is 15.2 Å². The summed E-state index contributed by atoms with van der Waals surface area (Å²) in [5.41, 5.74) is -0.0775. The molecule has 2 heterocycles. The van der Waals surface area contributed by atoms with Gasteiger partial charge in [0, 0.05) is 18.5 Å². The molecule has 0 unspecified atom stereocenters. The van der Waals surface area contributed by atoms with Gasteiger partial charge in [-0.05, 0) is 0 Å². The van der Waals surface area contributed by atoms with E-state index in [1.54, 1.807) is 0 Å². The molecule has 0 aromatic carbocycles. The van der Waals surface area contributed by atoms with Crippen LogP contribution in [0.1, 0.15) is 0 Å². The summed E-state index contributed by atoms with van der Waals surface area (Å²) in [6.07, 6.45) is 0. The fraction of sp³-hybridized carbons (Fsp3) is 0.857. The van der Waals surface area contributed by atoms with Gasteiger partial charge in [-0.25, -0.2) is 0 Å². The highest BCUT2D eigenvalue weighted by Crippen LogP contribution is 2.37. The maximum atomic E-state index is 10.7. The minimum atomic E-state index is -0.719. The summed E-state index contributed by atoms with van der Waals surface area (Å²) < 4.78 is 5.16. The van der Waals surface area contributed by atoms with Crippen molar-refractivity contribution in [1.82, 2.24) is 5.32 Å². The summed E-state index contributed by atoms with van der Waals surface area (Å²) in [6, 6.07) is 0. The molecule has 2 rings (SSSR count). The number of carboxylic acid groups (broad SMARTS) is 1. The Balaban J connectivity index is 2.13. The van der Waals surface area contributed by atoms with E-state index in [-0.39, 0.29) is 11.3 Å². The molecule has 11 heavy (non-hydrogen) atoms. The molecule has 2 aliphatic rings. The molecule has 1 spiro atoms. The van der Waals surface area contributed by atoms with E-state index in [1.165, 1.54) is 0 Å². The number of carboxylic acids is 1. The number of hydrogen-bond donors (Lipinski definition) is 2. The topological polar surface area (TPSA) is 58.6 Å². The molecule has 4 heteroatoms. The van der Waals surface area contributed by atoms with Crippen LogP contribution in [-0.4, -0.2) is 37.4 Å². The van der Waals surface area contributed by atoms with E-state index in [9.17, 15) is 4.79 Å². The molecule has 0 bridgehead atoms. The van der Waals surface area contributed by atoms with Crippen molar-refractivity contribution in [1.29, 1.82) is 0 Å². The van der Waals surface area contributed by atoms with Crippen molar-refractivity contribution >= 4 is 5.97 Å². The standard InChI is InChI=1S/C7H11NO3/c9-6(10)5-1-11-4-7(5)2-8-3-7/h5,8H,1-4H2,(H,9,10)/t5-/m0/s1. The molecule has 2 N–H and O–H groups in total. The first-order chi connectivity index (χ1) is 5.25. The van der Waals surface area contributed by atoms with Gasteiger partial charge in [-0.3, -0.25) is 4.79 Å². The molecule has 0 saturated carbocycles. The monoisotopic (exact) mass is 157 g/mol. The second-order valence-electron chi connectivity index (χ2n) is 3.37. The molecule has 0 aromatic heterocycles. The summed E-state index contributed by atoms with van der Waals surface area (Å²) in [5.74, 6) is -1.01. The molecule has 0 amide bonds. The molecule has 2 saturated heterocycles. The summed E-state index contributed by atoms with van der Waals surface area (Å²) in [7, 11) is 0. The van der Waals surface area contributed by atoms with Crippen LogP contribution in [0, 0.1) is 11.3 Å². The Hall–Kier alpha value is -0.610. The predicted molar refractivity (Wildman–Crippen MR) is 37.2 cm³/mol. The third-order valence-corrected chi connectivity index (χ3v) is 2.67. The maximum absolute atomic E-state index is 10.7. The van der Waals surface area contributed by atoms with E-state index in [2.05, 4.69) is 5.32 Å². The minimum absolute atomic E-state index is 0.0775. The van der Waals surface area contributed by atoms with Crippen LogP contribution >= 0.6 is 0 Å². The highest BCUT2D eigenvalue weighted by molar-refractivity contribution is 5.72. The molecule has 0 radical (unpaired) electrons. The molecule has 1 atom stereocenters. The normalized spacial score (nSPS) is 33.6. The van der Waals surface area contributed by atoms with E-state index >= 15 is 0 Å². The molecule has 2 fully saturated rings. The molecule has 2 aliphatic heterocycles. The van der Waals surface area contributed by atoms with Gasteiger partial charge in [-0.1, -0.05) is 0 Å². The second-order valence-corrected chi connectivity index (χ2v) is 3.37. The van der Waals surface area contributed by atoms with Crippen molar-refractivity contribution in [3.05, 3.63) is 0 Å². The smallest absolute Gasteiger partial charge is 0.309 e. The van der Waals surface area contributed by atoms with Crippen LogP contribution in [0.15, 0.2) is 0 Å². The van der Waals surface area contributed by atoms with Gasteiger partial charge in [0.05, 0.1) is 19.1 Å². The highest BCUT2D eigenvalue weighted by Gasteiger charge is 2.51. The van der Waals surface area contributed by atoms with Crippen LogP contribution in [0.5, 0.6) is 0 Å². The van der Waals surface area contributed by atoms with E-state index in [4.69, 9.17) is 9.84 Å². The number of nitrogens with one attached hydrogen (secondary N) is 1. The Morgan fingerprint density at radius 3 is 2.73 bits per heavy atom. The van der Waals surface area contributed by atoms with Crippen LogP contribution < -0.4 is 5.32 Å². The van der Waals surface area contributed by atoms with Gasteiger partial charge in [-0.2, -0.15) is 0 Å². The van der Waals surface area contributed by atoms with Gasteiger partial charge in [0.2, 0.25) is 0 Å². The van der Waals surface area contributed by atoms with Crippen LogP contribution in [0.4, 0.5) is 0 Å². The lowest BCUT2D eigenvalue weighted by Gasteiger charge is -2.40.